The molecule has 94 valence electrons. The SMILES string of the molecule is COc1cccc(Nc2cccc(F)c2F)c1N. The Labute approximate surface area is 103 Å². The molecular weight excluding hydrogens is 238 g/mol. The van der Waals surface area contributed by atoms with Crippen LogP contribution in [0.15, 0.2) is 36.4 Å². The molecule has 18 heavy (non-hydrogen) atoms. The molecule has 0 aliphatic rings. The van der Waals surface area contributed by atoms with Crippen molar-refractivity contribution in [1.82, 2.24) is 0 Å². The van der Waals surface area contributed by atoms with E-state index in [9.17, 15) is 8.78 Å². The lowest BCUT2D eigenvalue weighted by Crippen LogP contribution is -2.01. The number of para-hydroxylation sites is 1. The van der Waals surface area contributed by atoms with Crippen molar-refractivity contribution in [2.24, 2.45) is 0 Å². The number of halogens is 2. The summed E-state index contributed by atoms with van der Waals surface area (Å²) in [5.41, 5.74) is 6.64. The van der Waals surface area contributed by atoms with Gasteiger partial charge in [-0.1, -0.05) is 12.1 Å². The highest BCUT2D eigenvalue weighted by Crippen LogP contribution is 2.32. The first-order valence-electron chi connectivity index (χ1n) is 5.27. The third kappa shape index (κ3) is 2.20. The molecule has 3 N–H and O–H groups in total. The summed E-state index contributed by atoms with van der Waals surface area (Å²) in [6.07, 6.45) is 0. The monoisotopic (exact) mass is 250 g/mol. The van der Waals surface area contributed by atoms with E-state index in [1.165, 1.54) is 19.2 Å². The highest BCUT2D eigenvalue weighted by molar-refractivity contribution is 5.77. The van der Waals surface area contributed by atoms with Crippen molar-refractivity contribution in [3.63, 3.8) is 0 Å². The standard InChI is InChI=1S/C13H12F2N2O/c1-18-11-7-3-6-10(13(11)16)17-9-5-2-4-8(14)12(9)15/h2-7,17H,16H2,1H3. The van der Waals surface area contributed by atoms with Gasteiger partial charge in [-0.2, -0.15) is 0 Å². The van der Waals surface area contributed by atoms with E-state index in [2.05, 4.69) is 5.32 Å². The van der Waals surface area contributed by atoms with Crippen molar-refractivity contribution in [3.8, 4) is 5.75 Å². The number of hydrogen-bond donors (Lipinski definition) is 2. The van der Waals surface area contributed by atoms with Gasteiger partial charge in [0.15, 0.2) is 11.6 Å². The maximum Gasteiger partial charge on any atom is 0.182 e. The minimum absolute atomic E-state index is 0.0231. The largest absolute Gasteiger partial charge is 0.495 e. The van der Waals surface area contributed by atoms with E-state index in [0.717, 1.165) is 6.07 Å². The van der Waals surface area contributed by atoms with E-state index in [1.807, 2.05) is 0 Å². The molecule has 2 aromatic rings. The van der Waals surface area contributed by atoms with Crippen LogP contribution in [0.5, 0.6) is 5.75 Å². The molecule has 0 amide bonds. The zero-order valence-electron chi connectivity index (χ0n) is 9.71. The fourth-order valence-corrected chi connectivity index (χ4v) is 1.58. The molecule has 0 aliphatic carbocycles. The van der Waals surface area contributed by atoms with E-state index in [-0.39, 0.29) is 5.69 Å². The van der Waals surface area contributed by atoms with E-state index in [0.29, 0.717) is 17.1 Å². The van der Waals surface area contributed by atoms with Gasteiger partial charge in [-0.15, -0.1) is 0 Å². The molecule has 0 unspecified atom stereocenters. The molecule has 0 bridgehead atoms. The van der Waals surface area contributed by atoms with Gasteiger partial charge in [-0.25, -0.2) is 8.78 Å². The smallest absolute Gasteiger partial charge is 0.182 e. The lowest BCUT2D eigenvalue weighted by atomic mass is 10.2. The summed E-state index contributed by atoms with van der Waals surface area (Å²) in [5.74, 6) is -1.39. The molecule has 0 saturated heterocycles. The number of nitrogens with one attached hydrogen (secondary N) is 1. The number of benzene rings is 2. The number of rotatable bonds is 3. The Kier molecular flexibility index (Phi) is 3.32. The summed E-state index contributed by atoms with van der Waals surface area (Å²) in [5, 5.41) is 2.74. The van der Waals surface area contributed by atoms with Crippen LogP contribution in [0.2, 0.25) is 0 Å². The molecule has 0 atom stereocenters. The topological polar surface area (TPSA) is 47.3 Å². The van der Waals surface area contributed by atoms with Crippen LogP contribution < -0.4 is 15.8 Å². The third-order valence-corrected chi connectivity index (χ3v) is 2.51. The average molecular weight is 250 g/mol. The summed E-state index contributed by atoms with van der Waals surface area (Å²) >= 11 is 0. The molecule has 0 aromatic heterocycles. The minimum Gasteiger partial charge on any atom is -0.495 e. The van der Waals surface area contributed by atoms with Crippen LogP contribution in [0.25, 0.3) is 0 Å². The lowest BCUT2D eigenvalue weighted by molar-refractivity contribution is 0.417. The van der Waals surface area contributed by atoms with E-state index in [1.54, 1.807) is 18.2 Å². The number of methoxy groups -OCH3 is 1. The van der Waals surface area contributed by atoms with Crippen LogP contribution in [0.1, 0.15) is 0 Å². The normalized spacial score (nSPS) is 10.2. The van der Waals surface area contributed by atoms with Gasteiger partial charge >= 0.3 is 0 Å². The van der Waals surface area contributed by atoms with Crippen molar-refractivity contribution in [2.75, 3.05) is 18.2 Å². The Morgan fingerprint density at radius 3 is 2.44 bits per heavy atom. The van der Waals surface area contributed by atoms with Crippen LogP contribution in [0, 0.1) is 11.6 Å². The van der Waals surface area contributed by atoms with Crippen molar-refractivity contribution in [1.29, 1.82) is 0 Å². The Hall–Kier alpha value is -2.30. The van der Waals surface area contributed by atoms with E-state index in [4.69, 9.17) is 10.5 Å². The second-order valence-corrected chi connectivity index (χ2v) is 3.65. The Morgan fingerprint density at radius 2 is 1.72 bits per heavy atom. The molecule has 0 spiro atoms. The molecule has 5 heteroatoms. The molecule has 0 radical (unpaired) electrons. The second kappa shape index (κ2) is 4.91. The summed E-state index contributed by atoms with van der Waals surface area (Å²) in [4.78, 5) is 0. The molecule has 0 heterocycles. The van der Waals surface area contributed by atoms with Gasteiger partial charge in [0.25, 0.3) is 0 Å². The number of hydrogen-bond acceptors (Lipinski definition) is 3. The summed E-state index contributed by atoms with van der Waals surface area (Å²) in [6.45, 7) is 0. The van der Waals surface area contributed by atoms with Gasteiger partial charge < -0.3 is 15.8 Å². The molecule has 0 aliphatic heterocycles. The van der Waals surface area contributed by atoms with Crippen molar-refractivity contribution in [3.05, 3.63) is 48.0 Å². The zero-order chi connectivity index (χ0) is 13.1. The van der Waals surface area contributed by atoms with Gasteiger partial charge in [0, 0.05) is 0 Å². The minimum atomic E-state index is -0.945. The Bertz CT molecular complexity index is 573. The summed E-state index contributed by atoms with van der Waals surface area (Å²) < 4.78 is 31.6. The van der Waals surface area contributed by atoms with E-state index >= 15 is 0 Å². The maximum absolute atomic E-state index is 13.5. The Morgan fingerprint density at radius 1 is 1.06 bits per heavy atom. The first-order chi connectivity index (χ1) is 8.63. The molecule has 3 nitrogen and oxygen atoms in total. The van der Waals surface area contributed by atoms with Crippen molar-refractivity contribution < 1.29 is 13.5 Å². The highest BCUT2D eigenvalue weighted by atomic mass is 19.2. The molecule has 2 aromatic carbocycles. The molecular formula is C13H12F2N2O. The number of anilines is 3. The fourth-order valence-electron chi connectivity index (χ4n) is 1.58. The number of ether oxygens (including phenoxy) is 1. The molecule has 0 fully saturated rings. The zero-order valence-corrected chi connectivity index (χ0v) is 9.71. The van der Waals surface area contributed by atoms with Crippen molar-refractivity contribution in [2.45, 2.75) is 0 Å². The maximum atomic E-state index is 13.5. The molecule has 0 saturated carbocycles. The van der Waals surface area contributed by atoms with Crippen LogP contribution >= 0.6 is 0 Å². The lowest BCUT2D eigenvalue weighted by Gasteiger charge is -2.12. The predicted molar refractivity (Wildman–Crippen MR) is 67.0 cm³/mol. The van der Waals surface area contributed by atoms with Crippen molar-refractivity contribution >= 4 is 17.1 Å². The van der Waals surface area contributed by atoms with Crippen LogP contribution in [-0.2, 0) is 0 Å². The van der Waals surface area contributed by atoms with Crippen LogP contribution in [0.3, 0.4) is 0 Å². The first kappa shape index (κ1) is 12.2. The predicted octanol–water partition coefficient (Wildman–Crippen LogP) is 3.30. The average Bonchev–Trinajstić information content (AvgIpc) is 2.37. The first-order valence-corrected chi connectivity index (χ1v) is 5.27. The highest BCUT2D eigenvalue weighted by Gasteiger charge is 2.10. The van der Waals surface area contributed by atoms with Crippen LogP contribution in [0.4, 0.5) is 25.8 Å². The van der Waals surface area contributed by atoms with Crippen LogP contribution in [-0.4, -0.2) is 7.11 Å². The van der Waals surface area contributed by atoms with Gasteiger partial charge in [-0.05, 0) is 24.3 Å². The quantitative estimate of drug-likeness (QED) is 0.822. The third-order valence-electron chi connectivity index (χ3n) is 2.51. The van der Waals surface area contributed by atoms with Gasteiger partial charge in [-0.3, -0.25) is 0 Å². The second-order valence-electron chi connectivity index (χ2n) is 3.65. The van der Waals surface area contributed by atoms with E-state index < -0.39 is 11.6 Å². The molecule has 2 rings (SSSR count). The Balaban J connectivity index is 2.37. The van der Waals surface area contributed by atoms with Gasteiger partial charge in [0.2, 0.25) is 0 Å². The van der Waals surface area contributed by atoms with Gasteiger partial charge in [0.05, 0.1) is 24.2 Å². The summed E-state index contributed by atoms with van der Waals surface area (Å²) in [7, 11) is 1.48. The van der Waals surface area contributed by atoms with Gasteiger partial charge in [0.1, 0.15) is 5.75 Å². The fraction of sp³-hybridized carbons (Fsp3) is 0.0769. The summed E-state index contributed by atoms with van der Waals surface area (Å²) in [6, 6.07) is 8.93. The number of nitrogens with two attached hydrogens (primary N) is 1. The number of nitrogen functional groups attached to an aromatic ring is 1.